The van der Waals surface area contributed by atoms with Crippen LogP contribution in [0.15, 0.2) is 31.0 Å². The Kier molecular flexibility index (Phi) is 2.31. The second-order valence-electron chi connectivity index (χ2n) is 3.27. The van der Waals surface area contributed by atoms with Gasteiger partial charge in [0.2, 0.25) is 5.91 Å². The summed E-state index contributed by atoms with van der Waals surface area (Å²) in [4.78, 5) is 17.6. The number of fused-ring (bicyclic) bond motifs is 1. The number of pyridine rings is 1. The van der Waals surface area contributed by atoms with Gasteiger partial charge in [0.15, 0.2) is 0 Å². The molecular weight excluding hydrogens is 176 g/mol. The predicted octanol–water partition coefficient (Wildman–Crippen LogP) is 1.55. The van der Waals surface area contributed by atoms with Crippen molar-refractivity contribution in [1.82, 2.24) is 4.98 Å². The molecule has 1 aliphatic heterocycles. The van der Waals surface area contributed by atoms with E-state index in [1.807, 2.05) is 12.1 Å². The van der Waals surface area contributed by atoms with Crippen LogP contribution in [0.5, 0.6) is 0 Å². The molecule has 1 amide bonds. The molecule has 0 fully saturated rings. The molecule has 1 aromatic rings. The summed E-state index contributed by atoms with van der Waals surface area (Å²) in [6.45, 7) is 4.31. The van der Waals surface area contributed by atoms with Crippen LogP contribution < -0.4 is 4.90 Å². The van der Waals surface area contributed by atoms with Gasteiger partial charge in [-0.15, -0.1) is 6.58 Å². The molecule has 14 heavy (non-hydrogen) atoms. The lowest BCUT2D eigenvalue weighted by Gasteiger charge is -2.14. The summed E-state index contributed by atoms with van der Waals surface area (Å²) < 4.78 is 0. The summed E-state index contributed by atoms with van der Waals surface area (Å²) in [6.07, 6.45) is 4.64. The highest BCUT2D eigenvalue weighted by atomic mass is 16.2. The zero-order valence-corrected chi connectivity index (χ0v) is 7.94. The predicted molar refractivity (Wildman–Crippen MR) is 55.1 cm³/mol. The zero-order valence-electron chi connectivity index (χ0n) is 7.94. The molecule has 0 aliphatic carbocycles. The van der Waals surface area contributed by atoms with Crippen LogP contribution in [-0.4, -0.2) is 17.4 Å². The molecule has 3 nitrogen and oxygen atoms in total. The molecule has 0 aromatic carbocycles. The lowest BCUT2D eigenvalue weighted by Crippen LogP contribution is -2.28. The number of nitrogens with zero attached hydrogens (tertiary/aromatic N) is 2. The topological polar surface area (TPSA) is 33.2 Å². The third kappa shape index (κ3) is 1.41. The van der Waals surface area contributed by atoms with E-state index in [-0.39, 0.29) is 5.91 Å². The van der Waals surface area contributed by atoms with Gasteiger partial charge >= 0.3 is 0 Å². The van der Waals surface area contributed by atoms with Crippen LogP contribution in [0.1, 0.15) is 12.0 Å². The smallest absolute Gasteiger partial charge is 0.231 e. The Morgan fingerprint density at radius 3 is 3.36 bits per heavy atom. The average molecular weight is 188 g/mol. The molecule has 1 aliphatic rings. The molecule has 72 valence electrons. The highest BCUT2D eigenvalue weighted by molar-refractivity contribution is 5.95. The molecule has 0 bridgehead atoms. The van der Waals surface area contributed by atoms with Gasteiger partial charge in [-0.2, -0.15) is 0 Å². The minimum absolute atomic E-state index is 0.0810. The summed E-state index contributed by atoms with van der Waals surface area (Å²) in [7, 11) is 0. The zero-order chi connectivity index (χ0) is 9.97. The number of aromatic nitrogens is 1. The van der Waals surface area contributed by atoms with Crippen LogP contribution in [0.3, 0.4) is 0 Å². The third-order valence-electron chi connectivity index (χ3n) is 2.35. The van der Waals surface area contributed by atoms with Crippen molar-refractivity contribution in [2.45, 2.75) is 12.8 Å². The maximum atomic E-state index is 11.6. The largest absolute Gasteiger partial charge is 0.296 e. The number of hydrogen-bond acceptors (Lipinski definition) is 2. The van der Waals surface area contributed by atoms with E-state index in [9.17, 15) is 4.79 Å². The molecule has 0 atom stereocenters. The van der Waals surface area contributed by atoms with Gasteiger partial charge in [-0.1, -0.05) is 12.1 Å². The van der Waals surface area contributed by atoms with Crippen LogP contribution in [0, 0.1) is 0 Å². The quantitative estimate of drug-likeness (QED) is 0.660. The van der Waals surface area contributed by atoms with E-state index in [0.29, 0.717) is 6.42 Å². The second kappa shape index (κ2) is 3.62. The number of anilines is 1. The molecule has 0 saturated carbocycles. The molecule has 3 heteroatoms. The highest BCUT2D eigenvalue weighted by Gasteiger charge is 2.24. The van der Waals surface area contributed by atoms with Crippen molar-refractivity contribution in [2.24, 2.45) is 0 Å². The number of rotatable bonds is 2. The Labute approximate surface area is 83.1 Å². The van der Waals surface area contributed by atoms with Gasteiger partial charge in [0.25, 0.3) is 0 Å². The van der Waals surface area contributed by atoms with Crippen molar-refractivity contribution in [3.8, 4) is 0 Å². The summed E-state index contributed by atoms with van der Waals surface area (Å²) in [6, 6.07) is 3.92. The first-order valence-corrected chi connectivity index (χ1v) is 4.68. The number of amides is 1. The molecule has 0 spiro atoms. The molecule has 2 rings (SSSR count). The fraction of sp³-hybridized carbons (Fsp3) is 0.273. The second-order valence-corrected chi connectivity index (χ2v) is 3.27. The SMILES string of the molecule is C=CCC(=O)N1CCc2cccnc21. The molecule has 0 unspecified atom stereocenters. The minimum atomic E-state index is 0.0810. The van der Waals surface area contributed by atoms with Crippen molar-refractivity contribution < 1.29 is 4.79 Å². The monoisotopic (exact) mass is 188 g/mol. The Balaban J connectivity index is 2.25. The Bertz CT molecular complexity index is 373. The van der Waals surface area contributed by atoms with Crippen LogP contribution in [-0.2, 0) is 11.2 Å². The van der Waals surface area contributed by atoms with E-state index in [2.05, 4.69) is 11.6 Å². The molecule has 0 N–H and O–H groups in total. The Morgan fingerprint density at radius 1 is 1.71 bits per heavy atom. The Morgan fingerprint density at radius 2 is 2.57 bits per heavy atom. The van der Waals surface area contributed by atoms with Crippen molar-refractivity contribution >= 4 is 11.7 Å². The molecular formula is C11H12N2O. The maximum Gasteiger partial charge on any atom is 0.231 e. The van der Waals surface area contributed by atoms with Gasteiger partial charge in [-0.25, -0.2) is 4.98 Å². The maximum absolute atomic E-state index is 11.6. The van der Waals surface area contributed by atoms with Crippen LogP contribution in [0.2, 0.25) is 0 Å². The minimum Gasteiger partial charge on any atom is -0.296 e. The molecule has 1 aromatic heterocycles. The summed E-state index contributed by atoms with van der Waals surface area (Å²) >= 11 is 0. The van der Waals surface area contributed by atoms with E-state index >= 15 is 0 Å². The van der Waals surface area contributed by atoms with E-state index in [4.69, 9.17) is 0 Å². The molecule has 2 heterocycles. The van der Waals surface area contributed by atoms with Crippen molar-refractivity contribution in [3.63, 3.8) is 0 Å². The van der Waals surface area contributed by atoms with Crippen LogP contribution in [0.25, 0.3) is 0 Å². The molecule has 0 radical (unpaired) electrons. The van der Waals surface area contributed by atoms with Gasteiger partial charge in [0.05, 0.1) is 0 Å². The number of hydrogen-bond donors (Lipinski definition) is 0. The first kappa shape index (κ1) is 8.94. The summed E-state index contributed by atoms with van der Waals surface area (Å²) in [5, 5.41) is 0. The van der Waals surface area contributed by atoms with Gasteiger partial charge < -0.3 is 0 Å². The van der Waals surface area contributed by atoms with Gasteiger partial charge in [0.1, 0.15) is 5.82 Å². The van der Waals surface area contributed by atoms with Crippen LogP contribution >= 0.6 is 0 Å². The third-order valence-corrected chi connectivity index (χ3v) is 2.35. The number of carbonyl (C=O) groups is 1. The van der Waals surface area contributed by atoms with E-state index in [1.54, 1.807) is 17.2 Å². The first-order valence-electron chi connectivity index (χ1n) is 4.68. The fourth-order valence-corrected chi connectivity index (χ4v) is 1.68. The van der Waals surface area contributed by atoms with Gasteiger partial charge in [-0.05, 0) is 18.1 Å². The lowest BCUT2D eigenvalue weighted by atomic mass is 10.2. The highest BCUT2D eigenvalue weighted by Crippen LogP contribution is 2.25. The summed E-state index contributed by atoms with van der Waals surface area (Å²) in [5.41, 5.74) is 1.16. The van der Waals surface area contributed by atoms with E-state index < -0.39 is 0 Å². The standard InChI is InChI=1S/C11H12N2O/c1-2-4-10(14)13-8-6-9-5-3-7-12-11(9)13/h2-3,5,7H,1,4,6,8H2. The average Bonchev–Trinajstić information content (AvgIpc) is 2.61. The first-order chi connectivity index (χ1) is 6.83. The lowest BCUT2D eigenvalue weighted by molar-refractivity contribution is -0.117. The van der Waals surface area contributed by atoms with E-state index in [1.165, 1.54) is 0 Å². The van der Waals surface area contributed by atoms with Crippen molar-refractivity contribution in [3.05, 3.63) is 36.5 Å². The van der Waals surface area contributed by atoms with Gasteiger partial charge in [-0.3, -0.25) is 9.69 Å². The molecule has 0 saturated heterocycles. The normalized spacial score (nSPS) is 13.9. The van der Waals surface area contributed by atoms with Crippen molar-refractivity contribution in [2.75, 3.05) is 11.4 Å². The van der Waals surface area contributed by atoms with E-state index in [0.717, 1.165) is 24.3 Å². The fourth-order valence-electron chi connectivity index (χ4n) is 1.68. The Hall–Kier alpha value is -1.64. The van der Waals surface area contributed by atoms with Crippen molar-refractivity contribution in [1.29, 1.82) is 0 Å². The number of carbonyl (C=O) groups excluding carboxylic acids is 1. The summed E-state index contributed by atoms with van der Waals surface area (Å²) in [5.74, 6) is 0.900. The van der Waals surface area contributed by atoms with Gasteiger partial charge in [0, 0.05) is 19.2 Å². The van der Waals surface area contributed by atoms with Crippen LogP contribution in [0.4, 0.5) is 5.82 Å².